The second-order valence-electron chi connectivity index (χ2n) is 4.73. The van der Waals surface area contributed by atoms with Crippen LogP contribution >= 0.6 is 0 Å². The van der Waals surface area contributed by atoms with Gasteiger partial charge < -0.3 is 15.4 Å². The zero-order chi connectivity index (χ0) is 13.5. The Morgan fingerprint density at radius 3 is 2.89 bits per heavy atom. The van der Waals surface area contributed by atoms with Crippen LogP contribution in [0, 0.1) is 5.92 Å². The van der Waals surface area contributed by atoms with Gasteiger partial charge in [-0.3, -0.25) is 4.79 Å². The number of halogens is 2. The summed E-state index contributed by atoms with van der Waals surface area (Å²) in [7, 11) is 0. The number of nitrogens with zero attached hydrogens (tertiary/aromatic N) is 1. The zero-order valence-corrected chi connectivity index (χ0v) is 10.8. The first-order valence-electron chi connectivity index (χ1n) is 6.41. The molecule has 1 amide bonds. The van der Waals surface area contributed by atoms with E-state index in [2.05, 4.69) is 6.92 Å². The summed E-state index contributed by atoms with van der Waals surface area (Å²) in [6.07, 6.45) is -0.281. The Bertz CT molecular complexity index is 264. The molecule has 0 aromatic carbocycles. The van der Waals surface area contributed by atoms with Crippen LogP contribution in [0.5, 0.6) is 0 Å². The fourth-order valence-electron chi connectivity index (χ4n) is 2.39. The molecule has 1 saturated heterocycles. The standard InChI is InChI=1S/C12H22F2N2O2/c1-9-3-2-5-16(10(9)7-15)12(17)4-6-18-8-11(13)14/h9-11H,2-8,15H2,1H3. The zero-order valence-electron chi connectivity index (χ0n) is 10.8. The lowest BCUT2D eigenvalue weighted by atomic mass is 9.90. The molecule has 1 fully saturated rings. The van der Waals surface area contributed by atoms with Gasteiger partial charge in [-0.05, 0) is 18.8 Å². The van der Waals surface area contributed by atoms with Crippen molar-refractivity contribution in [3.8, 4) is 0 Å². The van der Waals surface area contributed by atoms with E-state index in [1.54, 1.807) is 4.90 Å². The molecule has 1 aliphatic rings. The van der Waals surface area contributed by atoms with Crippen LogP contribution in [0.15, 0.2) is 0 Å². The Balaban J connectivity index is 2.35. The van der Waals surface area contributed by atoms with Crippen molar-refractivity contribution in [2.75, 3.05) is 26.3 Å². The monoisotopic (exact) mass is 264 g/mol. The van der Waals surface area contributed by atoms with E-state index >= 15 is 0 Å². The lowest BCUT2D eigenvalue weighted by Gasteiger charge is -2.39. The predicted molar refractivity (Wildman–Crippen MR) is 64.4 cm³/mol. The molecule has 2 atom stereocenters. The second kappa shape index (κ2) is 7.63. The van der Waals surface area contributed by atoms with Gasteiger partial charge in [0.1, 0.15) is 6.61 Å². The first kappa shape index (κ1) is 15.3. The van der Waals surface area contributed by atoms with Crippen molar-refractivity contribution < 1.29 is 18.3 Å². The first-order valence-corrected chi connectivity index (χ1v) is 6.41. The average molecular weight is 264 g/mol. The SMILES string of the molecule is CC1CCCN(C(=O)CCOCC(F)F)C1CN. The van der Waals surface area contributed by atoms with E-state index in [0.717, 1.165) is 12.8 Å². The number of ether oxygens (including phenoxy) is 1. The van der Waals surface area contributed by atoms with E-state index in [9.17, 15) is 13.6 Å². The van der Waals surface area contributed by atoms with Crippen molar-refractivity contribution in [1.82, 2.24) is 4.90 Å². The molecule has 106 valence electrons. The number of hydrogen-bond acceptors (Lipinski definition) is 3. The third-order valence-electron chi connectivity index (χ3n) is 3.38. The molecule has 18 heavy (non-hydrogen) atoms. The topological polar surface area (TPSA) is 55.6 Å². The van der Waals surface area contributed by atoms with Crippen molar-refractivity contribution in [1.29, 1.82) is 0 Å². The van der Waals surface area contributed by atoms with Crippen LogP contribution in [0.25, 0.3) is 0 Å². The van der Waals surface area contributed by atoms with Crippen LogP contribution in [-0.2, 0) is 9.53 Å². The largest absolute Gasteiger partial charge is 0.375 e. The molecule has 0 radical (unpaired) electrons. The Hall–Kier alpha value is -0.750. The van der Waals surface area contributed by atoms with Crippen molar-refractivity contribution in [3.63, 3.8) is 0 Å². The Kier molecular flexibility index (Phi) is 6.49. The van der Waals surface area contributed by atoms with Crippen molar-refractivity contribution in [3.05, 3.63) is 0 Å². The molecule has 6 heteroatoms. The van der Waals surface area contributed by atoms with Crippen molar-refractivity contribution in [2.24, 2.45) is 11.7 Å². The summed E-state index contributed by atoms with van der Waals surface area (Å²) >= 11 is 0. The van der Waals surface area contributed by atoms with E-state index < -0.39 is 13.0 Å². The van der Waals surface area contributed by atoms with Gasteiger partial charge in [-0.1, -0.05) is 6.92 Å². The van der Waals surface area contributed by atoms with E-state index in [1.807, 2.05) is 0 Å². The molecule has 2 N–H and O–H groups in total. The summed E-state index contributed by atoms with van der Waals surface area (Å²) in [4.78, 5) is 13.7. The van der Waals surface area contributed by atoms with Gasteiger partial charge in [-0.2, -0.15) is 0 Å². The molecule has 0 aliphatic carbocycles. The Morgan fingerprint density at radius 1 is 1.56 bits per heavy atom. The third kappa shape index (κ3) is 4.49. The number of carbonyl (C=O) groups is 1. The number of carbonyl (C=O) groups excluding carboxylic acids is 1. The van der Waals surface area contributed by atoms with Crippen molar-refractivity contribution >= 4 is 5.91 Å². The minimum Gasteiger partial charge on any atom is -0.375 e. The number of hydrogen-bond donors (Lipinski definition) is 1. The number of amides is 1. The summed E-state index contributed by atoms with van der Waals surface area (Å²) in [5.74, 6) is 0.348. The number of alkyl halides is 2. The average Bonchev–Trinajstić information content (AvgIpc) is 2.33. The fourth-order valence-corrected chi connectivity index (χ4v) is 2.39. The highest BCUT2D eigenvalue weighted by Gasteiger charge is 2.30. The van der Waals surface area contributed by atoms with E-state index in [1.165, 1.54) is 0 Å². The number of nitrogens with two attached hydrogens (primary N) is 1. The Morgan fingerprint density at radius 2 is 2.28 bits per heavy atom. The van der Waals surface area contributed by atoms with Gasteiger partial charge in [0.25, 0.3) is 6.43 Å². The molecule has 1 rings (SSSR count). The van der Waals surface area contributed by atoms with Gasteiger partial charge >= 0.3 is 0 Å². The summed E-state index contributed by atoms with van der Waals surface area (Å²) in [5.41, 5.74) is 5.69. The lowest BCUT2D eigenvalue weighted by molar-refractivity contribution is -0.137. The van der Waals surface area contributed by atoms with Crippen LogP contribution in [0.2, 0.25) is 0 Å². The van der Waals surface area contributed by atoms with Gasteiger partial charge in [0.2, 0.25) is 5.91 Å². The third-order valence-corrected chi connectivity index (χ3v) is 3.38. The van der Waals surface area contributed by atoms with Crippen LogP contribution < -0.4 is 5.73 Å². The maximum atomic E-state index is 12.0. The molecule has 1 heterocycles. The van der Waals surface area contributed by atoms with Crippen LogP contribution in [0.4, 0.5) is 8.78 Å². The van der Waals surface area contributed by atoms with E-state index in [-0.39, 0.29) is 25.0 Å². The quantitative estimate of drug-likeness (QED) is 0.734. The molecule has 0 bridgehead atoms. The molecular weight excluding hydrogens is 242 g/mol. The second-order valence-corrected chi connectivity index (χ2v) is 4.73. The predicted octanol–water partition coefficient (Wildman–Crippen LogP) is 1.24. The van der Waals surface area contributed by atoms with Crippen LogP contribution in [0.1, 0.15) is 26.2 Å². The number of piperidine rings is 1. The molecule has 0 aromatic heterocycles. The highest BCUT2D eigenvalue weighted by atomic mass is 19.3. The summed E-state index contributed by atoms with van der Waals surface area (Å²) in [6.45, 7) is 2.68. The van der Waals surface area contributed by atoms with Gasteiger partial charge in [0.15, 0.2) is 0 Å². The van der Waals surface area contributed by atoms with Gasteiger partial charge in [-0.15, -0.1) is 0 Å². The van der Waals surface area contributed by atoms with Crippen molar-refractivity contribution in [2.45, 2.75) is 38.7 Å². The van der Waals surface area contributed by atoms with Gasteiger partial charge in [0.05, 0.1) is 13.0 Å². The first-order chi connectivity index (χ1) is 8.56. The van der Waals surface area contributed by atoms with E-state index in [0.29, 0.717) is 19.0 Å². The summed E-state index contributed by atoms with van der Waals surface area (Å²) in [5, 5.41) is 0. The smallest absolute Gasteiger partial charge is 0.261 e. The maximum Gasteiger partial charge on any atom is 0.261 e. The molecular formula is C12H22F2N2O2. The molecule has 0 aromatic rings. The number of likely N-dealkylation sites (tertiary alicyclic amines) is 1. The van der Waals surface area contributed by atoms with Gasteiger partial charge in [-0.25, -0.2) is 8.78 Å². The minimum absolute atomic E-state index is 0.0470. The number of rotatable bonds is 6. The fraction of sp³-hybridized carbons (Fsp3) is 0.917. The van der Waals surface area contributed by atoms with Crippen LogP contribution in [-0.4, -0.2) is 49.6 Å². The van der Waals surface area contributed by atoms with E-state index in [4.69, 9.17) is 10.5 Å². The molecule has 4 nitrogen and oxygen atoms in total. The molecule has 2 unspecified atom stereocenters. The Labute approximate surface area is 106 Å². The lowest BCUT2D eigenvalue weighted by Crippen LogP contribution is -2.51. The molecule has 1 aliphatic heterocycles. The van der Waals surface area contributed by atoms with Crippen LogP contribution in [0.3, 0.4) is 0 Å². The maximum absolute atomic E-state index is 12.0. The molecule has 0 spiro atoms. The van der Waals surface area contributed by atoms with Gasteiger partial charge in [0, 0.05) is 19.1 Å². The highest BCUT2D eigenvalue weighted by Crippen LogP contribution is 2.23. The highest BCUT2D eigenvalue weighted by molar-refractivity contribution is 5.76. The minimum atomic E-state index is -2.48. The molecule has 0 saturated carbocycles. The normalized spacial score (nSPS) is 24.6. The summed E-state index contributed by atoms with van der Waals surface area (Å²) < 4.78 is 28.4. The summed E-state index contributed by atoms with van der Waals surface area (Å²) in [6, 6.07) is 0.0707.